The Morgan fingerprint density at radius 3 is 2.48 bits per heavy atom. The summed E-state index contributed by atoms with van der Waals surface area (Å²) in [5, 5.41) is 4.10. The summed E-state index contributed by atoms with van der Waals surface area (Å²) >= 11 is 6.28. The van der Waals surface area contributed by atoms with Crippen molar-refractivity contribution in [3.63, 3.8) is 0 Å². The minimum Gasteiger partial charge on any atom is -0.481 e. The Labute approximate surface area is 159 Å². The van der Waals surface area contributed by atoms with Gasteiger partial charge in [-0.15, -0.1) is 0 Å². The molecule has 0 bridgehead atoms. The van der Waals surface area contributed by atoms with Gasteiger partial charge in [0.1, 0.15) is 11.4 Å². The predicted octanol–water partition coefficient (Wildman–Crippen LogP) is 6.86. The highest BCUT2D eigenvalue weighted by Gasteiger charge is 2.33. The molecule has 1 N–H and O–H groups in total. The molecule has 140 valence electrons. The summed E-state index contributed by atoms with van der Waals surface area (Å²) in [6.45, 7) is 17.9. The second-order valence-electron chi connectivity index (χ2n) is 6.73. The second-order valence-corrected chi connectivity index (χ2v) is 7.17. The number of benzene rings is 1. The molecule has 25 heavy (non-hydrogen) atoms. The summed E-state index contributed by atoms with van der Waals surface area (Å²) < 4.78 is 6.60. The number of ether oxygens (including phenoxy) is 1. The summed E-state index contributed by atoms with van der Waals surface area (Å²) in [5.41, 5.74) is 3.06. The molecule has 0 saturated carbocycles. The molecule has 1 rings (SSSR count). The van der Waals surface area contributed by atoms with Crippen molar-refractivity contribution in [2.75, 3.05) is 6.54 Å². The van der Waals surface area contributed by atoms with Gasteiger partial charge in [-0.3, -0.25) is 0 Å². The number of hydrogen-bond donors (Lipinski definition) is 1. The third-order valence-electron chi connectivity index (χ3n) is 5.01. The van der Waals surface area contributed by atoms with Crippen LogP contribution in [-0.2, 0) is 0 Å². The van der Waals surface area contributed by atoms with Crippen LogP contribution in [0.4, 0.5) is 0 Å². The Hall–Kier alpha value is -1.41. The van der Waals surface area contributed by atoms with E-state index in [0.29, 0.717) is 5.92 Å². The van der Waals surface area contributed by atoms with Crippen molar-refractivity contribution in [1.82, 2.24) is 5.32 Å². The fourth-order valence-corrected chi connectivity index (χ4v) is 3.36. The van der Waals surface area contributed by atoms with E-state index in [1.54, 1.807) is 0 Å². The van der Waals surface area contributed by atoms with Gasteiger partial charge in [-0.25, -0.2) is 0 Å². The molecule has 2 nitrogen and oxygen atoms in total. The molecule has 0 aliphatic rings. The van der Waals surface area contributed by atoms with Crippen LogP contribution in [0.1, 0.15) is 72.3 Å². The van der Waals surface area contributed by atoms with Crippen LogP contribution in [0.5, 0.6) is 5.75 Å². The number of likely N-dealkylation sites (N-methyl/N-ethyl adjacent to an activating group) is 1. The summed E-state index contributed by atoms with van der Waals surface area (Å²) in [6, 6.07) is 5.94. The summed E-state index contributed by atoms with van der Waals surface area (Å²) in [4.78, 5) is 0. The first-order valence-electron chi connectivity index (χ1n) is 9.36. The van der Waals surface area contributed by atoms with Crippen molar-refractivity contribution >= 4 is 11.6 Å². The maximum atomic E-state index is 6.60. The van der Waals surface area contributed by atoms with Gasteiger partial charge in [-0.05, 0) is 69.7 Å². The Bertz CT molecular complexity index is 602. The lowest BCUT2D eigenvalue weighted by molar-refractivity contribution is 0.0898. The molecular formula is C22H34ClNO. The number of halogens is 1. The normalized spacial score (nSPS) is 13.5. The smallest absolute Gasteiger partial charge is 0.147 e. The fraction of sp³-hybridized carbons (Fsp3) is 0.545. The molecule has 0 aliphatic carbocycles. The second kappa shape index (κ2) is 9.91. The number of allylic oxidation sites excluding steroid dienone is 2. The SMILES string of the molecule is C=C(NCC)C(CC)(CC)Oc1ccc(Cl)cc1C(C)C/C(C)=C/C. The van der Waals surface area contributed by atoms with Crippen molar-refractivity contribution in [3.8, 4) is 5.75 Å². The highest BCUT2D eigenvalue weighted by molar-refractivity contribution is 6.30. The first-order valence-corrected chi connectivity index (χ1v) is 9.74. The van der Waals surface area contributed by atoms with E-state index >= 15 is 0 Å². The van der Waals surface area contributed by atoms with Gasteiger partial charge in [0.05, 0.1) is 0 Å². The van der Waals surface area contributed by atoms with Crippen LogP contribution in [0, 0.1) is 0 Å². The van der Waals surface area contributed by atoms with Gasteiger partial charge >= 0.3 is 0 Å². The first kappa shape index (κ1) is 21.6. The van der Waals surface area contributed by atoms with E-state index in [4.69, 9.17) is 16.3 Å². The van der Waals surface area contributed by atoms with Crippen molar-refractivity contribution < 1.29 is 4.74 Å². The molecule has 0 amide bonds. The maximum Gasteiger partial charge on any atom is 0.147 e. The highest BCUT2D eigenvalue weighted by atomic mass is 35.5. The minimum atomic E-state index is -0.409. The third-order valence-corrected chi connectivity index (χ3v) is 5.25. The largest absolute Gasteiger partial charge is 0.481 e. The van der Waals surface area contributed by atoms with E-state index in [9.17, 15) is 0 Å². The summed E-state index contributed by atoms with van der Waals surface area (Å²) in [6.07, 6.45) is 4.88. The summed E-state index contributed by atoms with van der Waals surface area (Å²) in [7, 11) is 0. The molecule has 0 fully saturated rings. The Balaban J connectivity index is 3.25. The van der Waals surface area contributed by atoms with E-state index in [2.05, 4.69) is 59.5 Å². The van der Waals surface area contributed by atoms with Crippen LogP contribution < -0.4 is 10.1 Å². The monoisotopic (exact) mass is 363 g/mol. The lowest BCUT2D eigenvalue weighted by Gasteiger charge is -2.36. The lowest BCUT2D eigenvalue weighted by atomic mass is 9.91. The minimum absolute atomic E-state index is 0.337. The molecule has 0 radical (unpaired) electrons. The molecule has 0 spiro atoms. The van der Waals surface area contributed by atoms with Crippen LogP contribution in [0.15, 0.2) is 42.1 Å². The molecule has 1 unspecified atom stereocenters. The molecule has 0 aliphatic heterocycles. The number of hydrogen-bond acceptors (Lipinski definition) is 2. The van der Waals surface area contributed by atoms with Gasteiger partial charge in [0.15, 0.2) is 0 Å². The van der Waals surface area contributed by atoms with Gasteiger partial charge in [-0.2, -0.15) is 0 Å². The fourth-order valence-electron chi connectivity index (χ4n) is 3.18. The van der Waals surface area contributed by atoms with E-state index in [1.807, 2.05) is 18.2 Å². The van der Waals surface area contributed by atoms with Gasteiger partial charge in [0.2, 0.25) is 0 Å². The van der Waals surface area contributed by atoms with Gasteiger partial charge in [-0.1, -0.05) is 50.6 Å². The maximum absolute atomic E-state index is 6.60. The Morgan fingerprint density at radius 1 is 1.32 bits per heavy atom. The standard InChI is InChI=1S/C22H34ClNO/c1-8-16(5)14-17(6)20-15-19(23)12-13-21(20)25-22(9-2,10-3)18(7)24-11-4/h8,12-13,15,17,24H,7,9-11,14H2,1-6H3/b16-8+. The van der Waals surface area contributed by atoms with E-state index in [1.165, 1.54) is 5.57 Å². The zero-order valence-corrected chi connectivity index (χ0v) is 17.5. The summed E-state index contributed by atoms with van der Waals surface area (Å²) in [5.74, 6) is 1.24. The molecule has 0 heterocycles. The van der Waals surface area contributed by atoms with Crippen LogP contribution in [0.3, 0.4) is 0 Å². The number of rotatable bonds is 10. The number of nitrogens with one attached hydrogen (secondary N) is 1. The Kier molecular flexibility index (Phi) is 8.58. The average molecular weight is 364 g/mol. The van der Waals surface area contributed by atoms with Crippen molar-refractivity contribution in [2.45, 2.75) is 72.3 Å². The molecule has 0 saturated heterocycles. The molecule has 0 aromatic heterocycles. The molecule has 1 atom stereocenters. The van der Waals surface area contributed by atoms with E-state index in [-0.39, 0.29) is 0 Å². The Morgan fingerprint density at radius 2 is 1.96 bits per heavy atom. The molecule has 1 aromatic rings. The van der Waals surface area contributed by atoms with Gasteiger partial charge in [0, 0.05) is 17.3 Å². The van der Waals surface area contributed by atoms with Crippen molar-refractivity contribution in [2.24, 2.45) is 0 Å². The van der Waals surface area contributed by atoms with Crippen molar-refractivity contribution in [3.05, 3.63) is 52.7 Å². The van der Waals surface area contributed by atoms with Crippen LogP contribution >= 0.6 is 11.6 Å². The van der Waals surface area contributed by atoms with Crippen LogP contribution in [0.2, 0.25) is 5.02 Å². The zero-order valence-electron chi connectivity index (χ0n) is 16.7. The first-order chi connectivity index (χ1) is 11.8. The van der Waals surface area contributed by atoms with E-state index < -0.39 is 5.60 Å². The third kappa shape index (κ3) is 5.54. The van der Waals surface area contributed by atoms with Crippen molar-refractivity contribution in [1.29, 1.82) is 0 Å². The average Bonchev–Trinajstić information content (AvgIpc) is 2.60. The molecule has 1 aromatic carbocycles. The predicted molar refractivity (Wildman–Crippen MR) is 111 cm³/mol. The molecular weight excluding hydrogens is 330 g/mol. The highest BCUT2D eigenvalue weighted by Crippen LogP contribution is 2.37. The van der Waals surface area contributed by atoms with Crippen LogP contribution in [0.25, 0.3) is 0 Å². The quantitative estimate of drug-likeness (QED) is 0.458. The zero-order chi connectivity index (χ0) is 19.0. The molecule has 3 heteroatoms. The lowest BCUT2D eigenvalue weighted by Crippen LogP contribution is -2.42. The van der Waals surface area contributed by atoms with Crippen LogP contribution in [-0.4, -0.2) is 12.1 Å². The topological polar surface area (TPSA) is 21.3 Å². The van der Waals surface area contributed by atoms with E-state index in [0.717, 1.165) is 47.8 Å². The van der Waals surface area contributed by atoms with Gasteiger partial charge in [0.25, 0.3) is 0 Å². The van der Waals surface area contributed by atoms with Gasteiger partial charge < -0.3 is 10.1 Å².